The third kappa shape index (κ3) is 3.42. The number of carboxylic acid groups (broad SMARTS) is 1. The van der Waals surface area contributed by atoms with Crippen molar-refractivity contribution in [2.24, 2.45) is 0 Å². The Bertz CT molecular complexity index is 501. The molecule has 1 aromatic rings. The summed E-state index contributed by atoms with van der Waals surface area (Å²) in [6, 6.07) is 4.68. The number of nitrogens with one attached hydrogen (secondary N) is 1. The van der Waals surface area contributed by atoms with Crippen LogP contribution in [0.25, 0.3) is 0 Å². The van der Waals surface area contributed by atoms with Gasteiger partial charge in [-0.2, -0.15) is 0 Å². The van der Waals surface area contributed by atoms with Gasteiger partial charge in [-0.15, -0.1) is 11.8 Å². The number of benzene rings is 1. The second kappa shape index (κ2) is 6.30. The summed E-state index contributed by atoms with van der Waals surface area (Å²) in [5.74, 6) is -0.314. The molecule has 1 aliphatic rings. The van der Waals surface area contributed by atoms with Crippen LogP contribution in [0.4, 0.5) is 5.69 Å². The van der Waals surface area contributed by atoms with E-state index >= 15 is 0 Å². The maximum atomic E-state index is 12.1. The number of amides is 1. The van der Waals surface area contributed by atoms with Crippen molar-refractivity contribution in [3.63, 3.8) is 0 Å². The summed E-state index contributed by atoms with van der Waals surface area (Å²) in [6.45, 7) is 0. The first-order chi connectivity index (χ1) is 9.09. The highest BCUT2D eigenvalue weighted by atomic mass is 35.5. The SMILES string of the molecule is O=C(O)c1c(Cl)cccc1NC(=O)C1CCCCS1. The maximum Gasteiger partial charge on any atom is 0.339 e. The van der Waals surface area contributed by atoms with Gasteiger partial charge in [0, 0.05) is 0 Å². The van der Waals surface area contributed by atoms with Gasteiger partial charge in [0.25, 0.3) is 0 Å². The zero-order chi connectivity index (χ0) is 13.8. The van der Waals surface area contributed by atoms with Crippen LogP contribution in [0.3, 0.4) is 0 Å². The molecule has 1 aromatic carbocycles. The Labute approximate surface area is 120 Å². The van der Waals surface area contributed by atoms with Gasteiger partial charge < -0.3 is 10.4 Å². The summed E-state index contributed by atoms with van der Waals surface area (Å²) < 4.78 is 0. The Morgan fingerprint density at radius 3 is 2.79 bits per heavy atom. The summed E-state index contributed by atoms with van der Waals surface area (Å²) >= 11 is 7.47. The lowest BCUT2D eigenvalue weighted by atomic mass is 10.1. The van der Waals surface area contributed by atoms with Crippen LogP contribution < -0.4 is 5.32 Å². The molecular formula is C13H14ClNO3S. The third-order valence-electron chi connectivity index (χ3n) is 2.96. The van der Waals surface area contributed by atoms with Crippen LogP contribution in [0.5, 0.6) is 0 Å². The Morgan fingerprint density at radius 2 is 2.16 bits per heavy atom. The van der Waals surface area contributed by atoms with Gasteiger partial charge in [0.2, 0.25) is 5.91 Å². The first kappa shape index (κ1) is 14.2. The molecule has 102 valence electrons. The van der Waals surface area contributed by atoms with Gasteiger partial charge in [-0.05, 0) is 30.7 Å². The highest BCUT2D eigenvalue weighted by molar-refractivity contribution is 8.00. The van der Waals surface area contributed by atoms with Gasteiger partial charge in [-0.1, -0.05) is 24.1 Å². The van der Waals surface area contributed by atoms with Crippen LogP contribution in [0.1, 0.15) is 29.6 Å². The fourth-order valence-electron chi connectivity index (χ4n) is 2.01. The number of anilines is 1. The summed E-state index contributed by atoms with van der Waals surface area (Å²) in [7, 11) is 0. The largest absolute Gasteiger partial charge is 0.478 e. The molecule has 19 heavy (non-hydrogen) atoms. The van der Waals surface area contributed by atoms with Crippen molar-refractivity contribution < 1.29 is 14.7 Å². The molecule has 0 saturated carbocycles. The van der Waals surface area contributed by atoms with Crippen LogP contribution in [-0.2, 0) is 4.79 Å². The number of halogens is 1. The van der Waals surface area contributed by atoms with E-state index < -0.39 is 5.97 Å². The van der Waals surface area contributed by atoms with Crippen LogP contribution in [0, 0.1) is 0 Å². The molecule has 0 aromatic heterocycles. The molecule has 1 aliphatic heterocycles. The molecule has 0 spiro atoms. The molecule has 1 fully saturated rings. The molecule has 2 N–H and O–H groups in total. The highest BCUT2D eigenvalue weighted by Gasteiger charge is 2.23. The summed E-state index contributed by atoms with van der Waals surface area (Å²) in [5.41, 5.74) is 0.203. The van der Waals surface area contributed by atoms with E-state index in [1.165, 1.54) is 6.07 Å². The fraction of sp³-hybridized carbons (Fsp3) is 0.385. The lowest BCUT2D eigenvalue weighted by molar-refractivity contribution is -0.115. The Hall–Kier alpha value is -1.20. The van der Waals surface area contributed by atoms with Crippen LogP contribution in [0.15, 0.2) is 18.2 Å². The molecular weight excluding hydrogens is 286 g/mol. The molecule has 1 amide bonds. The van der Waals surface area contributed by atoms with Crippen LogP contribution in [-0.4, -0.2) is 28.0 Å². The maximum absolute atomic E-state index is 12.1. The molecule has 0 radical (unpaired) electrons. The molecule has 1 heterocycles. The Morgan fingerprint density at radius 1 is 1.37 bits per heavy atom. The van der Waals surface area contributed by atoms with Crippen LogP contribution in [0.2, 0.25) is 5.02 Å². The van der Waals surface area contributed by atoms with E-state index in [1.54, 1.807) is 23.9 Å². The molecule has 6 heteroatoms. The van der Waals surface area contributed by atoms with Crippen molar-refractivity contribution in [1.29, 1.82) is 0 Å². The van der Waals surface area contributed by atoms with E-state index in [0.29, 0.717) is 0 Å². The van der Waals surface area contributed by atoms with Gasteiger partial charge in [-0.25, -0.2) is 4.79 Å². The second-order valence-corrected chi connectivity index (χ2v) is 6.03. The molecule has 1 atom stereocenters. The zero-order valence-corrected chi connectivity index (χ0v) is 11.8. The van der Waals surface area contributed by atoms with E-state index in [9.17, 15) is 9.59 Å². The number of hydrogen-bond acceptors (Lipinski definition) is 3. The molecule has 1 unspecified atom stereocenters. The number of thioether (sulfide) groups is 1. The number of carbonyl (C=O) groups is 2. The number of hydrogen-bond donors (Lipinski definition) is 2. The second-order valence-electron chi connectivity index (χ2n) is 4.31. The highest BCUT2D eigenvalue weighted by Crippen LogP contribution is 2.28. The van der Waals surface area contributed by atoms with Crippen molar-refractivity contribution >= 4 is 40.9 Å². The van der Waals surface area contributed by atoms with Gasteiger partial charge in [0.1, 0.15) is 5.56 Å². The minimum Gasteiger partial charge on any atom is -0.478 e. The van der Waals surface area contributed by atoms with E-state index in [4.69, 9.17) is 16.7 Å². The zero-order valence-electron chi connectivity index (χ0n) is 10.2. The number of carbonyl (C=O) groups excluding carboxylic acids is 1. The van der Waals surface area contributed by atoms with Crippen molar-refractivity contribution in [2.45, 2.75) is 24.5 Å². The monoisotopic (exact) mass is 299 g/mol. The lowest BCUT2D eigenvalue weighted by Crippen LogP contribution is -2.28. The molecule has 0 aliphatic carbocycles. The third-order valence-corrected chi connectivity index (χ3v) is 4.65. The van der Waals surface area contributed by atoms with Crippen molar-refractivity contribution in [3.05, 3.63) is 28.8 Å². The van der Waals surface area contributed by atoms with Gasteiger partial charge in [-0.3, -0.25) is 4.79 Å². The molecule has 0 bridgehead atoms. The van der Waals surface area contributed by atoms with E-state index in [2.05, 4.69) is 5.32 Å². The number of carboxylic acids is 1. The first-order valence-electron chi connectivity index (χ1n) is 6.04. The topological polar surface area (TPSA) is 66.4 Å². The van der Waals surface area contributed by atoms with E-state index in [1.807, 2.05) is 0 Å². The van der Waals surface area contributed by atoms with Crippen molar-refractivity contribution in [2.75, 3.05) is 11.1 Å². The minimum atomic E-state index is -1.14. The summed E-state index contributed by atoms with van der Waals surface area (Å²) in [6.07, 6.45) is 3.00. The predicted molar refractivity (Wildman–Crippen MR) is 77.1 cm³/mol. The molecule has 1 saturated heterocycles. The van der Waals surface area contributed by atoms with Gasteiger partial charge in [0.05, 0.1) is 16.0 Å². The van der Waals surface area contributed by atoms with Crippen molar-refractivity contribution in [1.82, 2.24) is 0 Å². The average molecular weight is 300 g/mol. The predicted octanol–water partition coefficient (Wildman–Crippen LogP) is 3.26. The lowest BCUT2D eigenvalue weighted by Gasteiger charge is -2.21. The number of aromatic carboxylic acids is 1. The molecule has 4 nitrogen and oxygen atoms in total. The normalized spacial score (nSPS) is 18.9. The smallest absolute Gasteiger partial charge is 0.339 e. The molecule has 2 rings (SSSR count). The summed E-state index contributed by atoms with van der Waals surface area (Å²) in [5, 5.41) is 11.8. The van der Waals surface area contributed by atoms with E-state index in [-0.39, 0.29) is 27.4 Å². The standard InChI is InChI=1S/C13H14ClNO3S/c14-8-4-3-5-9(11(8)13(17)18)15-12(16)10-6-1-2-7-19-10/h3-5,10H,1-2,6-7H2,(H,15,16)(H,17,18). The minimum absolute atomic E-state index is 0.0571. The Balaban J connectivity index is 2.16. The van der Waals surface area contributed by atoms with Gasteiger partial charge in [0.15, 0.2) is 0 Å². The van der Waals surface area contributed by atoms with Gasteiger partial charge >= 0.3 is 5.97 Å². The number of rotatable bonds is 3. The first-order valence-corrected chi connectivity index (χ1v) is 7.46. The fourth-order valence-corrected chi connectivity index (χ4v) is 3.46. The quantitative estimate of drug-likeness (QED) is 0.899. The van der Waals surface area contributed by atoms with Crippen LogP contribution >= 0.6 is 23.4 Å². The summed E-state index contributed by atoms with van der Waals surface area (Å²) in [4.78, 5) is 23.2. The Kier molecular flexibility index (Phi) is 4.71. The van der Waals surface area contributed by atoms with Crippen molar-refractivity contribution in [3.8, 4) is 0 Å². The van der Waals surface area contributed by atoms with E-state index in [0.717, 1.165) is 25.0 Å². The average Bonchev–Trinajstić information content (AvgIpc) is 2.39.